The van der Waals surface area contributed by atoms with E-state index in [0.717, 1.165) is 42.7 Å². The van der Waals surface area contributed by atoms with Gasteiger partial charge in [0.1, 0.15) is 0 Å². The molecule has 0 heterocycles. The number of hydrogen-bond acceptors (Lipinski definition) is 1. The quantitative estimate of drug-likeness (QED) is 0.326. The lowest BCUT2D eigenvalue weighted by molar-refractivity contribution is 1.71. The molecule has 4 rings (SSSR count). The number of thioether (sulfide) groups is 1. The van der Waals surface area contributed by atoms with Gasteiger partial charge in [0.15, 0.2) is 0 Å². The number of benzene rings is 4. The standard InChI is InChI=1S/C24H16Cl2S/c25-21-11-3-9-17-5-1-7-19(23(17)21)13-15-27-16-14-20-8-2-6-18-10-4-12-22(26)24(18)20/h1-16H. The molecule has 0 saturated carbocycles. The Morgan fingerprint density at radius 2 is 0.963 bits per heavy atom. The molecule has 4 aromatic carbocycles. The molecule has 0 aromatic heterocycles. The highest BCUT2D eigenvalue weighted by Crippen LogP contribution is 2.30. The number of fused-ring (bicyclic) bond motifs is 2. The zero-order valence-electron chi connectivity index (χ0n) is 14.4. The van der Waals surface area contributed by atoms with Crippen molar-refractivity contribution in [2.24, 2.45) is 0 Å². The van der Waals surface area contributed by atoms with Gasteiger partial charge in [-0.3, -0.25) is 0 Å². The molecule has 0 aliphatic heterocycles. The minimum atomic E-state index is 0.777. The Balaban J connectivity index is 1.56. The minimum Gasteiger partial charge on any atom is -0.106 e. The zero-order valence-corrected chi connectivity index (χ0v) is 16.7. The summed E-state index contributed by atoms with van der Waals surface area (Å²) < 4.78 is 0. The van der Waals surface area contributed by atoms with Gasteiger partial charge in [0.05, 0.1) is 0 Å². The molecule has 0 aliphatic carbocycles. The maximum absolute atomic E-state index is 6.39. The number of hydrogen-bond donors (Lipinski definition) is 0. The topological polar surface area (TPSA) is 0 Å². The van der Waals surface area contributed by atoms with Gasteiger partial charge in [-0.15, -0.1) is 11.8 Å². The molecule has 0 amide bonds. The summed E-state index contributed by atoms with van der Waals surface area (Å²) in [6, 6.07) is 24.4. The van der Waals surface area contributed by atoms with E-state index in [9.17, 15) is 0 Å². The first-order valence-electron chi connectivity index (χ1n) is 8.57. The highest BCUT2D eigenvalue weighted by molar-refractivity contribution is 8.05. The largest absolute Gasteiger partial charge is 0.106 e. The SMILES string of the molecule is Clc1cccc2cccc(C=CSC=Cc3cccc4cccc(Cl)c34)c12. The Labute approximate surface area is 173 Å². The number of halogens is 2. The third-order valence-corrected chi connectivity index (χ3v) is 5.64. The summed E-state index contributed by atoms with van der Waals surface area (Å²) in [5.74, 6) is 0. The van der Waals surface area contributed by atoms with Crippen molar-refractivity contribution in [2.45, 2.75) is 0 Å². The molecule has 0 unspecified atom stereocenters. The van der Waals surface area contributed by atoms with Crippen LogP contribution in [0.1, 0.15) is 11.1 Å². The van der Waals surface area contributed by atoms with Crippen molar-refractivity contribution in [3.05, 3.63) is 105 Å². The van der Waals surface area contributed by atoms with Crippen molar-refractivity contribution in [3.8, 4) is 0 Å². The van der Waals surface area contributed by atoms with E-state index in [1.54, 1.807) is 11.8 Å². The zero-order chi connectivity index (χ0) is 18.6. The molecule has 3 heteroatoms. The number of rotatable bonds is 4. The molecule has 27 heavy (non-hydrogen) atoms. The smallest absolute Gasteiger partial charge is 0.0490 e. The first-order chi connectivity index (χ1) is 13.2. The molecule has 0 N–H and O–H groups in total. The summed E-state index contributed by atoms with van der Waals surface area (Å²) in [5.41, 5.74) is 2.24. The third kappa shape index (κ3) is 3.91. The molecule has 0 atom stereocenters. The average molecular weight is 407 g/mol. The fourth-order valence-corrected chi connectivity index (χ4v) is 4.32. The van der Waals surface area contributed by atoms with Crippen LogP contribution in [0.25, 0.3) is 33.7 Å². The van der Waals surface area contributed by atoms with Crippen LogP contribution in [-0.2, 0) is 0 Å². The summed E-state index contributed by atoms with van der Waals surface area (Å²) in [6.45, 7) is 0. The molecule has 0 radical (unpaired) electrons. The summed E-state index contributed by atoms with van der Waals surface area (Å²) in [7, 11) is 0. The maximum Gasteiger partial charge on any atom is 0.0490 e. The highest BCUT2D eigenvalue weighted by atomic mass is 35.5. The molecule has 0 fully saturated rings. The van der Waals surface area contributed by atoms with Crippen LogP contribution in [-0.4, -0.2) is 0 Å². The summed E-state index contributed by atoms with van der Waals surface area (Å²) in [6.07, 6.45) is 4.19. The minimum absolute atomic E-state index is 0.777. The monoisotopic (exact) mass is 406 g/mol. The molecule has 0 saturated heterocycles. The van der Waals surface area contributed by atoms with Crippen molar-refractivity contribution in [2.75, 3.05) is 0 Å². The van der Waals surface area contributed by atoms with Crippen LogP contribution in [0.5, 0.6) is 0 Å². The van der Waals surface area contributed by atoms with Crippen LogP contribution in [0, 0.1) is 0 Å². The molecule has 0 nitrogen and oxygen atoms in total. The third-order valence-electron chi connectivity index (χ3n) is 4.42. The Bertz CT molecular complexity index is 1070. The van der Waals surface area contributed by atoms with E-state index in [4.69, 9.17) is 23.2 Å². The Morgan fingerprint density at radius 1 is 0.556 bits per heavy atom. The van der Waals surface area contributed by atoms with E-state index in [-0.39, 0.29) is 0 Å². The van der Waals surface area contributed by atoms with Gasteiger partial charge in [0.25, 0.3) is 0 Å². The molecule has 0 spiro atoms. The van der Waals surface area contributed by atoms with Gasteiger partial charge in [-0.25, -0.2) is 0 Å². The van der Waals surface area contributed by atoms with Crippen LogP contribution in [0.4, 0.5) is 0 Å². The first-order valence-corrected chi connectivity index (χ1v) is 10.3. The van der Waals surface area contributed by atoms with Gasteiger partial charge in [0.2, 0.25) is 0 Å². The lowest BCUT2D eigenvalue weighted by atomic mass is 10.0. The van der Waals surface area contributed by atoms with Gasteiger partial charge in [-0.05, 0) is 57.0 Å². The molecule has 4 aromatic rings. The van der Waals surface area contributed by atoms with E-state index >= 15 is 0 Å². The van der Waals surface area contributed by atoms with Crippen LogP contribution in [0.3, 0.4) is 0 Å². The van der Waals surface area contributed by atoms with Crippen molar-refractivity contribution in [1.82, 2.24) is 0 Å². The second-order valence-corrected chi connectivity index (χ2v) is 7.74. The second-order valence-electron chi connectivity index (χ2n) is 6.11. The van der Waals surface area contributed by atoms with E-state index in [0.29, 0.717) is 0 Å². The molecular weight excluding hydrogens is 391 g/mol. The van der Waals surface area contributed by atoms with Gasteiger partial charge in [0, 0.05) is 20.8 Å². The normalized spacial score (nSPS) is 11.9. The summed E-state index contributed by atoms with van der Waals surface area (Å²) in [4.78, 5) is 0. The molecular formula is C24H16Cl2S. The predicted molar refractivity (Wildman–Crippen MR) is 124 cm³/mol. The molecule has 0 aliphatic rings. The van der Waals surface area contributed by atoms with Crippen LogP contribution in [0.2, 0.25) is 10.0 Å². The Morgan fingerprint density at radius 3 is 1.41 bits per heavy atom. The van der Waals surface area contributed by atoms with Gasteiger partial charge in [-0.1, -0.05) is 83.9 Å². The fourth-order valence-electron chi connectivity index (χ4n) is 3.19. The summed E-state index contributed by atoms with van der Waals surface area (Å²) in [5, 5.41) is 10.2. The Hall–Kier alpha value is -2.19. The lowest BCUT2D eigenvalue weighted by Gasteiger charge is -2.04. The predicted octanol–water partition coefficient (Wildman–Crippen LogP) is 8.67. The van der Waals surface area contributed by atoms with Crippen LogP contribution < -0.4 is 0 Å². The van der Waals surface area contributed by atoms with E-state index in [1.165, 1.54) is 0 Å². The maximum atomic E-state index is 6.39. The van der Waals surface area contributed by atoms with Crippen molar-refractivity contribution >= 4 is 68.7 Å². The highest BCUT2D eigenvalue weighted by Gasteiger charge is 2.03. The lowest BCUT2D eigenvalue weighted by Crippen LogP contribution is -1.79. The van der Waals surface area contributed by atoms with Crippen LogP contribution in [0.15, 0.2) is 83.6 Å². The second kappa shape index (κ2) is 8.22. The van der Waals surface area contributed by atoms with Gasteiger partial charge in [-0.2, -0.15) is 0 Å². The molecule has 0 bridgehead atoms. The van der Waals surface area contributed by atoms with Gasteiger partial charge >= 0.3 is 0 Å². The van der Waals surface area contributed by atoms with E-state index in [2.05, 4.69) is 71.5 Å². The Kier molecular flexibility index (Phi) is 5.54. The first kappa shape index (κ1) is 18.2. The molecule has 132 valence electrons. The van der Waals surface area contributed by atoms with Gasteiger partial charge < -0.3 is 0 Å². The summed E-state index contributed by atoms with van der Waals surface area (Å²) >= 11 is 14.4. The van der Waals surface area contributed by atoms with Crippen molar-refractivity contribution in [3.63, 3.8) is 0 Å². The fraction of sp³-hybridized carbons (Fsp3) is 0. The van der Waals surface area contributed by atoms with Crippen molar-refractivity contribution in [1.29, 1.82) is 0 Å². The van der Waals surface area contributed by atoms with Crippen molar-refractivity contribution < 1.29 is 0 Å². The average Bonchev–Trinajstić information content (AvgIpc) is 2.68. The van der Waals surface area contributed by atoms with E-state index in [1.807, 2.05) is 24.3 Å². The van der Waals surface area contributed by atoms with Crippen LogP contribution >= 0.6 is 35.0 Å². The van der Waals surface area contributed by atoms with E-state index < -0.39 is 0 Å².